The van der Waals surface area contributed by atoms with Crippen LogP contribution in [0.25, 0.3) is 22.6 Å². The number of nitrogens with zero attached hydrogens (tertiary/aromatic N) is 1. The number of pyridine rings is 1. The van der Waals surface area contributed by atoms with Crippen molar-refractivity contribution in [3.63, 3.8) is 0 Å². The Morgan fingerprint density at radius 3 is 2.86 bits per heavy atom. The highest BCUT2D eigenvalue weighted by atomic mass is 19.1. The summed E-state index contributed by atoms with van der Waals surface area (Å²) in [7, 11) is 0. The van der Waals surface area contributed by atoms with E-state index < -0.39 is 0 Å². The molecule has 3 aromatic rings. The molecule has 4 rings (SSSR count). The molecule has 0 spiro atoms. The van der Waals surface area contributed by atoms with E-state index in [1.807, 2.05) is 36.5 Å². The third-order valence-corrected chi connectivity index (χ3v) is 4.09. The molecule has 1 nitrogen and oxygen atoms in total. The Bertz CT molecular complexity index is 859. The van der Waals surface area contributed by atoms with Crippen LogP contribution in [0.2, 0.25) is 0 Å². The van der Waals surface area contributed by atoms with E-state index in [1.165, 1.54) is 16.7 Å². The zero-order valence-electron chi connectivity index (χ0n) is 11.5. The highest BCUT2D eigenvalue weighted by Crippen LogP contribution is 2.34. The molecule has 0 aliphatic heterocycles. The van der Waals surface area contributed by atoms with Gasteiger partial charge in [0.2, 0.25) is 0 Å². The Hall–Kier alpha value is -2.48. The molecule has 21 heavy (non-hydrogen) atoms. The molecule has 0 radical (unpaired) electrons. The van der Waals surface area contributed by atoms with Crippen LogP contribution in [0.15, 0.2) is 54.7 Å². The van der Waals surface area contributed by atoms with Crippen LogP contribution >= 0.6 is 0 Å². The average molecular weight is 275 g/mol. The number of para-hydroxylation sites is 1. The van der Waals surface area contributed by atoms with Crippen LogP contribution in [-0.2, 0) is 6.42 Å². The fraction of sp³-hybridized carbons (Fsp3) is 0.105. The van der Waals surface area contributed by atoms with Gasteiger partial charge in [0.25, 0.3) is 0 Å². The molecule has 0 unspecified atom stereocenters. The zero-order chi connectivity index (χ0) is 14.2. The molecule has 1 heterocycles. The number of allylic oxidation sites excluding steroid dienone is 1. The van der Waals surface area contributed by atoms with Crippen LogP contribution in [0.5, 0.6) is 0 Å². The van der Waals surface area contributed by atoms with Crippen molar-refractivity contribution in [1.82, 2.24) is 4.98 Å². The predicted molar refractivity (Wildman–Crippen MR) is 84.3 cm³/mol. The van der Waals surface area contributed by atoms with Crippen LogP contribution in [0, 0.1) is 5.82 Å². The van der Waals surface area contributed by atoms with E-state index >= 15 is 0 Å². The summed E-state index contributed by atoms with van der Waals surface area (Å²) in [6.07, 6.45) is 5.94. The molecule has 0 fully saturated rings. The van der Waals surface area contributed by atoms with Gasteiger partial charge in [-0.05, 0) is 59.4 Å². The molecule has 2 aromatic carbocycles. The smallest absolute Gasteiger partial charge is 0.123 e. The second kappa shape index (κ2) is 4.81. The zero-order valence-corrected chi connectivity index (χ0v) is 11.5. The van der Waals surface area contributed by atoms with E-state index in [1.54, 1.807) is 12.1 Å². The number of rotatable bonds is 1. The lowest BCUT2D eigenvalue weighted by Gasteiger charge is -2.04. The summed E-state index contributed by atoms with van der Waals surface area (Å²) in [5, 5.41) is 1.16. The normalized spacial score (nSPS) is 15.6. The number of hydrogen-bond donors (Lipinski definition) is 0. The van der Waals surface area contributed by atoms with Gasteiger partial charge >= 0.3 is 0 Å². The summed E-state index contributed by atoms with van der Waals surface area (Å²) in [5.74, 6) is -0.149. The van der Waals surface area contributed by atoms with Crippen LogP contribution in [-0.4, -0.2) is 4.98 Å². The second-order valence-corrected chi connectivity index (χ2v) is 5.39. The molecule has 0 N–H and O–H groups in total. The Morgan fingerprint density at radius 2 is 1.90 bits per heavy atom. The van der Waals surface area contributed by atoms with Gasteiger partial charge in [0, 0.05) is 11.6 Å². The number of hydrogen-bond acceptors (Lipinski definition) is 1. The summed E-state index contributed by atoms with van der Waals surface area (Å²) in [4.78, 5) is 4.39. The van der Waals surface area contributed by atoms with E-state index in [2.05, 4.69) is 17.1 Å². The van der Waals surface area contributed by atoms with E-state index in [-0.39, 0.29) is 5.82 Å². The standard InChI is InChI=1S/C19H14FN/c20-16-7-8-17-13(5-6-14(17)12-16)11-15-9-10-21-19-4-2-1-3-18(15)19/h1-4,7-12H,5-6H2/b13-11+. The van der Waals surface area contributed by atoms with Crippen molar-refractivity contribution in [3.8, 4) is 0 Å². The number of aromatic nitrogens is 1. The lowest BCUT2D eigenvalue weighted by atomic mass is 10.0. The average Bonchev–Trinajstić information content (AvgIpc) is 2.90. The monoisotopic (exact) mass is 275 g/mol. The Balaban J connectivity index is 1.86. The Kier molecular flexibility index (Phi) is 2.81. The maximum absolute atomic E-state index is 13.3. The lowest BCUT2D eigenvalue weighted by molar-refractivity contribution is 0.626. The molecule has 0 saturated heterocycles. The molecule has 1 aliphatic carbocycles. The number of aryl methyl sites for hydroxylation is 1. The van der Waals surface area contributed by atoms with Crippen LogP contribution in [0.4, 0.5) is 4.39 Å². The summed E-state index contributed by atoms with van der Waals surface area (Å²) in [6, 6.07) is 15.3. The topological polar surface area (TPSA) is 12.9 Å². The second-order valence-electron chi connectivity index (χ2n) is 5.39. The van der Waals surface area contributed by atoms with Gasteiger partial charge in [-0.2, -0.15) is 0 Å². The molecule has 0 bridgehead atoms. The van der Waals surface area contributed by atoms with Crippen molar-refractivity contribution >= 4 is 22.6 Å². The minimum atomic E-state index is -0.149. The minimum Gasteiger partial charge on any atom is -0.256 e. The van der Waals surface area contributed by atoms with Gasteiger partial charge in [0.05, 0.1) is 5.52 Å². The van der Waals surface area contributed by atoms with Gasteiger partial charge in [-0.3, -0.25) is 4.98 Å². The summed E-state index contributed by atoms with van der Waals surface area (Å²) >= 11 is 0. The number of fused-ring (bicyclic) bond motifs is 2. The summed E-state index contributed by atoms with van der Waals surface area (Å²) < 4.78 is 13.3. The van der Waals surface area contributed by atoms with Gasteiger partial charge in [-0.15, -0.1) is 0 Å². The molecule has 0 amide bonds. The van der Waals surface area contributed by atoms with E-state index in [0.717, 1.165) is 29.3 Å². The maximum Gasteiger partial charge on any atom is 0.123 e. The molecule has 0 atom stereocenters. The molecule has 0 saturated carbocycles. The van der Waals surface area contributed by atoms with Gasteiger partial charge in [-0.1, -0.05) is 30.3 Å². The highest BCUT2D eigenvalue weighted by molar-refractivity contribution is 5.94. The fourth-order valence-electron chi connectivity index (χ4n) is 3.07. The first-order valence-electron chi connectivity index (χ1n) is 7.14. The molecule has 2 heteroatoms. The van der Waals surface area contributed by atoms with Crippen LogP contribution in [0.3, 0.4) is 0 Å². The molecular weight excluding hydrogens is 261 g/mol. The first-order chi connectivity index (χ1) is 10.3. The van der Waals surface area contributed by atoms with Crippen molar-refractivity contribution in [2.24, 2.45) is 0 Å². The van der Waals surface area contributed by atoms with Gasteiger partial charge < -0.3 is 0 Å². The molecule has 102 valence electrons. The van der Waals surface area contributed by atoms with Crippen molar-refractivity contribution < 1.29 is 4.39 Å². The van der Waals surface area contributed by atoms with Crippen LogP contribution in [0.1, 0.15) is 23.1 Å². The highest BCUT2D eigenvalue weighted by Gasteiger charge is 2.16. The van der Waals surface area contributed by atoms with Crippen molar-refractivity contribution in [2.75, 3.05) is 0 Å². The predicted octanol–water partition coefficient (Wildman–Crippen LogP) is 4.86. The molecule has 1 aliphatic rings. The van der Waals surface area contributed by atoms with Gasteiger partial charge in [0.15, 0.2) is 0 Å². The number of halogens is 1. The maximum atomic E-state index is 13.3. The lowest BCUT2D eigenvalue weighted by Crippen LogP contribution is -1.85. The van der Waals surface area contributed by atoms with Crippen molar-refractivity contribution in [1.29, 1.82) is 0 Å². The number of benzene rings is 2. The Morgan fingerprint density at radius 1 is 1.00 bits per heavy atom. The first-order valence-corrected chi connectivity index (χ1v) is 7.14. The SMILES string of the molecule is Fc1ccc2c(c1)CC/C2=C\c1ccnc2ccccc12. The minimum absolute atomic E-state index is 0.149. The molecular formula is C19H14FN. The third kappa shape index (κ3) is 2.13. The third-order valence-electron chi connectivity index (χ3n) is 4.09. The Labute approximate surface area is 122 Å². The van der Waals surface area contributed by atoms with Crippen LogP contribution < -0.4 is 0 Å². The molecule has 1 aromatic heterocycles. The fourth-order valence-corrected chi connectivity index (χ4v) is 3.07. The summed E-state index contributed by atoms with van der Waals surface area (Å²) in [6.45, 7) is 0. The first kappa shape index (κ1) is 12.3. The summed E-state index contributed by atoms with van der Waals surface area (Å²) in [5.41, 5.74) is 5.75. The van der Waals surface area contributed by atoms with Gasteiger partial charge in [0.1, 0.15) is 5.82 Å². The van der Waals surface area contributed by atoms with Crippen molar-refractivity contribution in [3.05, 3.63) is 77.2 Å². The largest absolute Gasteiger partial charge is 0.256 e. The quantitative estimate of drug-likeness (QED) is 0.618. The van der Waals surface area contributed by atoms with Crippen molar-refractivity contribution in [2.45, 2.75) is 12.8 Å². The van der Waals surface area contributed by atoms with E-state index in [0.29, 0.717) is 0 Å². The van der Waals surface area contributed by atoms with E-state index in [9.17, 15) is 4.39 Å². The van der Waals surface area contributed by atoms with E-state index in [4.69, 9.17) is 0 Å². The van der Waals surface area contributed by atoms with Gasteiger partial charge in [-0.25, -0.2) is 4.39 Å².